The Kier molecular flexibility index (Phi) is 4.76. The highest BCUT2D eigenvalue weighted by molar-refractivity contribution is 4.90. The first-order chi connectivity index (χ1) is 8.27. The zero-order valence-electron chi connectivity index (χ0n) is 10.5. The van der Waals surface area contributed by atoms with Crippen molar-refractivity contribution >= 4 is 0 Å². The van der Waals surface area contributed by atoms with E-state index in [-0.39, 0.29) is 12.0 Å². The largest absolute Gasteiger partial charge is 0.390 e. The highest BCUT2D eigenvalue weighted by Gasteiger charge is 2.46. The summed E-state index contributed by atoms with van der Waals surface area (Å²) in [7, 11) is 3.23. The van der Waals surface area contributed by atoms with Crippen molar-refractivity contribution in [1.29, 1.82) is 0 Å². The molecular formula is C12H22O5. The molecule has 1 N–H and O–H groups in total. The van der Waals surface area contributed by atoms with Crippen molar-refractivity contribution in [3.63, 3.8) is 0 Å². The van der Waals surface area contributed by atoms with Crippen LogP contribution < -0.4 is 0 Å². The van der Waals surface area contributed by atoms with Crippen molar-refractivity contribution in [2.24, 2.45) is 5.92 Å². The zero-order chi connectivity index (χ0) is 12.3. The number of aliphatic hydroxyl groups excluding tert-OH is 1. The number of aliphatic hydroxyl groups is 1. The fourth-order valence-corrected chi connectivity index (χ4v) is 2.73. The van der Waals surface area contributed by atoms with E-state index in [0.29, 0.717) is 13.2 Å². The summed E-state index contributed by atoms with van der Waals surface area (Å²) < 4.78 is 22.0. The molecule has 0 aromatic rings. The molecule has 3 heterocycles. The van der Waals surface area contributed by atoms with Gasteiger partial charge in [-0.1, -0.05) is 6.42 Å². The molecule has 0 aliphatic carbocycles. The number of rotatable bonds is 3. The maximum atomic E-state index is 10.3. The van der Waals surface area contributed by atoms with Crippen molar-refractivity contribution in [1.82, 2.24) is 0 Å². The van der Waals surface area contributed by atoms with Crippen molar-refractivity contribution in [2.75, 3.05) is 27.4 Å². The quantitative estimate of drug-likeness (QED) is 0.788. The second kappa shape index (κ2) is 6.11. The Labute approximate surface area is 102 Å². The Morgan fingerprint density at radius 3 is 2.82 bits per heavy atom. The van der Waals surface area contributed by atoms with Gasteiger partial charge in [-0.25, -0.2) is 0 Å². The molecule has 5 atom stereocenters. The molecule has 3 aliphatic heterocycles. The van der Waals surface area contributed by atoms with E-state index in [1.54, 1.807) is 14.2 Å². The van der Waals surface area contributed by atoms with Gasteiger partial charge in [0.05, 0.1) is 18.8 Å². The summed E-state index contributed by atoms with van der Waals surface area (Å²) in [6.07, 6.45) is 1.43. The lowest BCUT2D eigenvalue weighted by molar-refractivity contribution is -0.293. The second-order valence-corrected chi connectivity index (χ2v) is 4.72. The first kappa shape index (κ1) is 13.2. The van der Waals surface area contributed by atoms with Crippen LogP contribution in [0.1, 0.15) is 19.3 Å². The lowest BCUT2D eigenvalue weighted by Crippen LogP contribution is -2.56. The fraction of sp³-hybridized carbons (Fsp3) is 1.00. The Morgan fingerprint density at radius 1 is 1.29 bits per heavy atom. The minimum atomic E-state index is -0.544. The van der Waals surface area contributed by atoms with E-state index < -0.39 is 18.5 Å². The molecule has 0 saturated carbocycles. The molecule has 3 fully saturated rings. The van der Waals surface area contributed by atoms with Crippen LogP contribution >= 0.6 is 0 Å². The topological polar surface area (TPSA) is 57.2 Å². The van der Waals surface area contributed by atoms with Crippen LogP contribution in [0.2, 0.25) is 0 Å². The molecule has 0 amide bonds. The predicted octanol–water partition coefficient (Wildman–Crippen LogP) is 0.550. The van der Waals surface area contributed by atoms with Gasteiger partial charge in [0.25, 0.3) is 0 Å². The molecule has 0 aromatic carbocycles. The molecule has 17 heavy (non-hydrogen) atoms. The summed E-state index contributed by atoms with van der Waals surface area (Å²) in [4.78, 5) is 0. The van der Waals surface area contributed by atoms with Gasteiger partial charge in [0.2, 0.25) is 0 Å². The van der Waals surface area contributed by atoms with E-state index in [2.05, 4.69) is 0 Å². The normalized spacial score (nSPS) is 42.9. The molecule has 0 aromatic heterocycles. The van der Waals surface area contributed by atoms with Crippen LogP contribution in [-0.2, 0) is 18.9 Å². The van der Waals surface area contributed by atoms with Crippen LogP contribution in [-0.4, -0.2) is 57.1 Å². The van der Waals surface area contributed by atoms with E-state index in [4.69, 9.17) is 18.9 Å². The molecule has 0 radical (unpaired) electrons. The van der Waals surface area contributed by atoms with Crippen LogP contribution in [0, 0.1) is 5.92 Å². The van der Waals surface area contributed by atoms with E-state index in [9.17, 15) is 5.11 Å². The second-order valence-electron chi connectivity index (χ2n) is 4.72. The Bertz CT molecular complexity index is 231. The summed E-state index contributed by atoms with van der Waals surface area (Å²) >= 11 is 0. The predicted molar refractivity (Wildman–Crippen MR) is 60.6 cm³/mol. The highest BCUT2D eigenvalue weighted by Crippen LogP contribution is 2.33. The standard InChI is InChI=1S/C12H22O5/c1-14-7-9-8-5-3-4-6-16-12(17-9)11(15-2)10(8)13/h8-13H,3-7H2,1-2H3/t8-,9?,10+,11?,12-/m1/s1. The molecule has 3 aliphatic rings. The average molecular weight is 246 g/mol. The monoisotopic (exact) mass is 246 g/mol. The number of hydrogen-bond acceptors (Lipinski definition) is 5. The van der Waals surface area contributed by atoms with Gasteiger partial charge in [-0.3, -0.25) is 0 Å². The van der Waals surface area contributed by atoms with Crippen molar-refractivity contribution < 1.29 is 24.1 Å². The first-order valence-corrected chi connectivity index (χ1v) is 6.24. The van der Waals surface area contributed by atoms with Gasteiger partial charge in [-0.05, 0) is 12.8 Å². The molecule has 100 valence electrons. The van der Waals surface area contributed by atoms with Crippen molar-refractivity contribution in [3.05, 3.63) is 0 Å². The maximum absolute atomic E-state index is 10.3. The van der Waals surface area contributed by atoms with Gasteiger partial charge < -0.3 is 24.1 Å². The van der Waals surface area contributed by atoms with Crippen LogP contribution in [0.5, 0.6) is 0 Å². The highest BCUT2D eigenvalue weighted by atomic mass is 16.7. The summed E-state index contributed by atoms with van der Waals surface area (Å²) in [6.45, 7) is 1.14. The summed E-state index contributed by atoms with van der Waals surface area (Å²) in [5.74, 6) is 0.0675. The average Bonchev–Trinajstić information content (AvgIpc) is 2.45. The molecule has 0 spiro atoms. The zero-order valence-corrected chi connectivity index (χ0v) is 10.5. The molecule has 3 rings (SSSR count). The van der Waals surface area contributed by atoms with Crippen molar-refractivity contribution in [3.8, 4) is 0 Å². The lowest BCUT2D eigenvalue weighted by Gasteiger charge is -2.43. The fourth-order valence-electron chi connectivity index (χ4n) is 2.73. The molecule has 3 saturated heterocycles. The number of ether oxygens (including phenoxy) is 4. The summed E-state index contributed by atoms with van der Waals surface area (Å²) in [5.41, 5.74) is 0. The van der Waals surface area contributed by atoms with Crippen LogP contribution in [0.4, 0.5) is 0 Å². The third kappa shape index (κ3) is 2.80. The Hall–Kier alpha value is -0.200. The van der Waals surface area contributed by atoms with Gasteiger partial charge in [0.15, 0.2) is 6.29 Å². The number of hydrogen-bond donors (Lipinski definition) is 1. The van der Waals surface area contributed by atoms with Crippen LogP contribution in [0.15, 0.2) is 0 Å². The SMILES string of the molecule is COCC1O[C@H]2OCCCC[C@H]1[C@H](O)C2OC. The van der Waals surface area contributed by atoms with Gasteiger partial charge in [-0.2, -0.15) is 0 Å². The summed E-state index contributed by atoms with van der Waals surface area (Å²) in [5, 5.41) is 10.3. The van der Waals surface area contributed by atoms with Crippen LogP contribution in [0.25, 0.3) is 0 Å². The van der Waals surface area contributed by atoms with E-state index >= 15 is 0 Å². The Balaban J connectivity index is 2.15. The van der Waals surface area contributed by atoms with E-state index in [1.165, 1.54) is 0 Å². The molecule has 5 heteroatoms. The molecule has 2 unspecified atom stereocenters. The minimum Gasteiger partial charge on any atom is -0.390 e. The molecule has 2 bridgehead atoms. The number of fused-ring (bicyclic) bond motifs is 6. The van der Waals surface area contributed by atoms with Gasteiger partial charge in [0.1, 0.15) is 6.10 Å². The van der Waals surface area contributed by atoms with Gasteiger partial charge in [0, 0.05) is 26.7 Å². The number of methoxy groups -OCH3 is 2. The third-order valence-electron chi connectivity index (χ3n) is 3.65. The van der Waals surface area contributed by atoms with E-state index in [1.807, 2.05) is 0 Å². The maximum Gasteiger partial charge on any atom is 0.186 e. The van der Waals surface area contributed by atoms with Gasteiger partial charge in [-0.15, -0.1) is 0 Å². The van der Waals surface area contributed by atoms with Gasteiger partial charge >= 0.3 is 0 Å². The minimum absolute atomic E-state index is 0.0675. The molecular weight excluding hydrogens is 224 g/mol. The summed E-state index contributed by atoms with van der Waals surface area (Å²) in [6, 6.07) is 0. The smallest absolute Gasteiger partial charge is 0.186 e. The van der Waals surface area contributed by atoms with E-state index in [0.717, 1.165) is 19.3 Å². The Morgan fingerprint density at radius 2 is 2.12 bits per heavy atom. The lowest BCUT2D eigenvalue weighted by atomic mass is 9.85. The molecule has 5 nitrogen and oxygen atoms in total. The van der Waals surface area contributed by atoms with Crippen LogP contribution in [0.3, 0.4) is 0 Å². The van der Waals surface area contributed by atoms with Crippen molar-refractivity contribution in [2.45, 2.75) is 43.9 Å². The third-order valence-corrected chi connectivity index (χ3v) is 3.65. The first-order valence-electron chi connectivity index (χ1n) is 6.24.